The number of nitrogens with zero attached hydrogens (tertiary/aromatic N) is 1. The van der Waals surface area contributed by atoms with Gasteiger partial charge < -0.3 is 10.3 Å². The summed E-state index contributed by atoms with van der Waals surface area (Å²) in [5, 5.41) is 3.42. The van der Waals surface area contributed by atoms with E-state index in [9.17, 15) is 0 Å². The van der Waals surface area contributed by atoms with E-state index in [1.54, 1.807) is 0 Å². The largest absolute Gasteiger partial charge is 0.341 e. The van der Waals surface area contributed by atoms with Gasteiger partial charge in [0.2, 0.25) is 0 Å². The number of aromatic nitrogens is 2. The van der Waals surface area contributed by atoms with Gasteiger partial charge in [0.05, 0.1) is 17.6 Å². The van der Waals surface area contributed by atoms with Crippen LogP contribution in [0.3, 0.4) is 0 Å². The van der Waals surface area contributed by atoms with Gasteiger partial charge in [-0.15, -0.1) is 0 Å². The zero-order chi connectivity index (χ0) is 12.9. The van der Waals surface area contributed by atoms with Crippen LogP contribution in [0.5, 0.6) is 0 Å². The molecule has 0 aliphatic heterocycles. The van der Waals surface area contributed by atoms with Gasteiger partial charge in [0.25, 0.3) is 0 Å². The van der Waals surface area contributed by atoms with E-state index in [2.05, 4.69) is 45.6 Å². The Kier molecular flexibility index (Phi) is 3.56. The molecule has 0 saturated heterocycles. The van der Waals surface area contributed by atoms with Crippen LogP contribution < -0.4 is 5.32 Å². The first-order valence-corrected chi connectivity index (χ1v) is 6.60. The molecule has 0 aliphatic carbocycles. The molecule has 96 valence electrons. The average molecular weight is 251 g/mol. The summed E-state index contributed by atoms with van der Waals surface area (Å²) in [5.41, 5.74) is 3.49. The molecule has 3 rings (SSSR count). The molecule has 0 saturated carbocycles. The van der Waals surface area contributed by atoms with Crippen molar-refractivity contribution < 1.29 is 0 Å². The molecule has 3 aromatic rings. The van der Waals surface area contributed by atoms with Gasteiger partial charge in [-0.1, -0.05) is 42.5 Å². The highest BCUT2D eigenvalue weighted by molar-refractivity contribution is 5.74. The third kappa shape index (κ3) is 3.01. The molecule has 0 unspecified atom stereocenters. The number of hydrogen-bond donors (Lipinski definition) is 2. The predicted octanol–water partition coefficient (Wildman–Crippen LogP) is 2.90. The minimum atomic E-state index is 0.779. The molecule has 0 fully saturated rings. The maximum Gasteiger partial charge on any atom is 0.121 e. The van der Waals surface area contributed by atoms with E-state index in [1.165, 1.54) is 5.56 Å². The summed E-state index contributed by atoms with van der Waals surface area (Å²) in [6, 6.07) is 18.6. The Morgan fingerprint density at radius 3 is 2.58 bits per heavy atom. The lowest BCUT2D eigenvalue weighted by atomic mass is 10.1. The quantitative estimate of drug-likeness (QED) is 0.685. The van der Waals surface area contributed by atoms with Crippen LogP contribution >= 0.6 is 0 Å². The topological polar surface area (TPSA) is 40.7 Å². The van der Waals surface area contributed by atoms with Crippen molar-refractivity contribution in [2.24, 2.45) is 0 Å². The van der Waals surface area contributed by atoms with E-state index in [-0.39, 0.29) is 0 Å². The van der Waals surface area contributed by atoms with E-state index < -0.39 is 0 Å². The first kappa shape index (κ1) is 11.9. The zero-order valence-corrected chi connectivity index (χ0v) is 10.8. The molecule has 0 atom stereocenters. The average Bonchev–Trinajstić information content (AvgIpc) is 2.87. The Hall–Kier alpha value is -2.13. The van der Waals surface area contributed by atoms with Crippen LogP contribution in [0.4, 0.5) is 0 Å². The van der Waals surface area contributed by atoms with E-state index in [1.807, 2.05) is 24.3 Å². The molecule has 3 nitrogen and oxygen atoms in total. The molecule has 0 aliphatic rings. The molecule has 2 aromatic carbocycles. The molecule has 0 spiro atoms. The van der Waals surface area contributed by atoms with Crippen molar-refractivity contribution in [1.29, 1.82) is 0 Å². The summed E-state index contributed by atoms with van der Waals surface area (Å²) < 4.78 is 0. The molecular weight excluding hydrogens is 234 g/mol. The number of fused-ring (bicyclic) bond motifs is 1. The molecule has 3 heteroatoms. The summed E-state index contributed by atoms with van der Waals surface area (Å²) in [4.78, 5) is 7.86. The van der Waals surface area contributed by atoms with Gasteiger partial charge in [-0.3, -0.25) is 0 Å². The van der Waals surface area contributed by atoms with Crippen molar-refractivity contribution >= 4 is 11.0 Å². The summed E-state index contributed by atoms with van der Waals surface area (Å²) in [7, 11) is 0. The number of nitrogens with one attached hydrogen (secondary N) is 2. The highest BCUT2D eigenvalue weighted by Gasteiger charge is 2.00. The third-order valence-electron chi connectivity index (χ3n) is 3.16. The first-order valence-electron chi connectivity index (χ1n) is 6.60. The third-order valence-corrected chi connectivity index (χ3v) is 3.16. The Labute approximate surface area is 112 Å². The van der Waals surface area contributed by atoms with E-state index in [0.717, 1.165) is 36.4 Å². The summed E-state index contributed by atoms with van der Waals surface area (Å²) in [5.74, 6) is 0.995. The first-order chi connectivity index (χ1) is 9.42. The molecule has 0 amide bonds. The Balaban J connectivity index is 1.52. The number of rotatable bonds is 5. The lowest BCUT2D eigenvalue weighted by molar-refractivity contribution is 0.666. The van der Waals surface area contributed by atoms with E-state index >= 15 is 0 Å². The van der Waals surface area contributed by atoms with Crippen molar-refractivity contribution in [3.63, 3.8) is 0 Å². The second kappa shape index (κ2) is 5.67. The van der Waals surface area contributed by atoms with Crippen LogP contribution in [0.25, 0.3) is 11.0 Å². The van der Waals surface area contributed by atoms with Crippen molar-refractivity contribution in [3.05, 3.63) is 66.0 Å². The standard InChI is InChI=1S/C16H17N3/c1-2-6-13(7-3-1)10-11-17-12-16-18-14-8-4-5-9-15(14)19-16/h1-9,17H,10-12H2,(H,18,19). The fourth-order valence-electron chi connectivity index (χ4n) is 2.17. The fraction of sp³-hybridized carbons (Fsp3) is 0.188. The number of aromatic amines is 1. The molecule has 0 bridgehead atoms. The van der Waals surface area contributed by atoms with Crippen LogP contribution in [-0.2, 0) is 13.0 Å². The molecule has 1 heterocycles. The lowest BCUT2D eigenvalue weighted by Crippen LogP contribution is -2.17. The monoisotopic (exact) mass is 251 g/mol. The van der Waals surface area contributed by atoms with Crippen molar-refractivity contribution in [2.75, 3.05) is 6.54 Å². The molecule has 0 radical (unpaired) electrons. The molecule has 2 N–H and O–H groups in total. The van der Waals surface area contributed by atoms with E-state index in [0.29, 0.717) is 0 Å². The van der Waals surface area contributed by atoms with Gasteiger partial charge in [-0.2, -0.15) is 0 Å². The van der Waals surface area contributed by atoms with Crippen LogP contribution in [-0.4, -0.2) is 16.5 Å². The van der Waals surface area contributed by atoms with Crippen molar-refractivity contribution in [1.82, 2.24) is 15.3 Å². The van der Waals surface area contributed by atoms with Gasteiger partial charge in [0.1, 0.15) is 5.82 Å². The number of para-hydroxylation sites is 2. The zero-order valence-electron chi connectivity index (χ0n) is 10.8. The van der Waals surface area contributed by atoms with Crippen LogP contribution in [0.15, 0.2) is 54.6 Å². The SMILES string of the molecule is c1ccc(CCNCc2nc3ccccc3[nH]2)cc1. The smallest absolute Gasteiger partial charge is 0.121 e. The summed E-state index contributed by atoms with van der Waals surface area (Å²) >= 11 is 0. The number of hydrogen-bond acceptors (Lipinski definition) is 2. The predicted molar refractivity (Wildman–Crippen MR) is 77.9 cm³/mol. The Morgan fingerprint density at radius 2 is 1.74 bits per heavy atom. The van der Waals surface area contributed by atoms with Gasteiger partial charge >= 0.3 is 0 Å². The number of benzene rings is 2. The van der Waals surface area contributed by atoms with Gasteiger partial charge in [-0.25, -0.2) is 4.98 Å². The Bertz CT molecular complexity index is 610. The van der Waals surface area contributed by atoms with Crippen LogP contribution in [0, 0.1) is 0 Å². The number of H-pyrrole nitrogens is 1. The highest BCUT2D eigenvalue weighted by Crippen LogP contribution is 2.09. The van der Waals surface area contributed by atoms with Crippen molar-refractivity contribution in [3.8, 4) is 0 Å². The normalized spacial score (nSPS) is 10.9. The number of imidazole rings is 1. The van der Waals surface area contributed by atoms with Gasteiger partial charge in [-0.05, 0) is 30.7 Å². The minimum Gasteiger partial charge on any atom is -0.341 e. The molecular formula is C16H17N3. The maximum absolute atomic E-state index is 4.54. The van der Waals surface area contributed by atoms with Crippen LogP contribution in [0.1, 0.15) is 11.4 Å². The van der Waals surface area contributed by atoms with Gasteiger partial charge in [0.15, 0.2) is 0 Å². The highest BCUT2D eigenvalue weighted by atomic mass is 15.0. The van der Waals surface area contributed by atoms with Gasteiger partial charge in [0, 0.05) is 0 Å². The summed E-state index contributed by atoms with van der Waals surface area (Å²) in [6.07, 6.45) is 1.04. The fourth-order valence-corrected chi connectivity index (χ4v) is 2.17. The second-order valence-corrected chi connectivity index (χ2v) is 4.61. The van der Waals surface area contributed by atoms with E-state index in [4.69, 9.17) is 0 Å². The lowest BCUT2D eigenvalue weighted by Gasteiger charge is -2.02. The van der Waals surface area contributed by atoms with Crippen molar-refractivity contribution in [2.45, 2.75) is 13.0 Å². The minimum absolute atomic E-state index is 0.779. The Morgan fingerprint density at radius 1 is 0.947 bits per heavy atom. The molecule has 1 aromatic heterocycles. The second-order valence-electron chi connectivity index (χ2n) is 4.61. The van der Waals surface area contributed by atoms with Crippen LogP contribution in [0.2, 0.25) is 0 Å². The maximum atomic E-state index is 4.54. The summed E-state index contributed by atoms with van der Waals surface area (Å²) in [6.45, 7) is 1.74. The molecule has 19 heavy (non-hydrogen) atoms.